The van der Waals surface area contributed by atoms with Gasteiger partial charge in [0.25, 0.3) is 0 Å². The van der Waals surface area contributed by atoms with Crippen LogP contribution in [0.5, 0.6) is 0 Å². The third kappa shape index (κ3) is 6.84. The summed E-state index contributed by atoms with van der Waals surface area (Å²) in [5, 5.41) is 12.0. The van der Waals surface area contributed by atoms with Crippen LogP contribution < -0.4 is 5.32 Å². The predicted octanol–water partition coefficient (Wildman–Crippen LogP) is 2.02. The van der Waals surface area contributed by atoms with E-state index in [4.69, 9.17) is 9.47 Å². The average Bonchev–Trinajstić information content (AvgIpc) is 2.64. The van der Waals surface area contributed by atoms with Gasteiger partial charge in [0.1, 0.15) is 6.10 Å². The molecule has 1 aromatic carbocycles. The highest BCUT2D eigenvalue weighted by atomic mass is 16.5. The summed E-state index contributed by atoms with van der Waals surface area (Å²) in [4.78, 5) is 23.5. The quantitative estimate of drug-likeness (QED) is 0.712. The van der Waals surface area contributed by atoms with E-state index in [1.54, 1.807) is 6.92 Å². The Hall–Kier alpha value is -1.92. The molecule has 1 aromatic rings. The summed E-state index contributed by atoms with van der Waals surface area (Å²) in [6.45, 7) is 2.89. The average molecular weight is 349 g/mol. The maximum Gasteiger partial charge on any atom is 0.308 e. The number of carboxylic acid groups (broad SMARTS) is 1. The first-order valence-corrected chi connectivity index (χ1v) is 8.84. The molecule has 1 fully saturated rings. The van der Waals surface area contributed by atoms with Gasteiger partial charge < -0.3 is 19.9 Å². The van der Waals surface area contributed by atoms with Crippen LogP contribution in [0.1, 0.15) is 31.7 Å². The number of benzene rings is 1. The van der Waals surface area contributed by atoms with E-state index in [0.717, 1.165) is 31.4 Å². The highest BCUT2D eigenvalue weighted by molar-refractivity contribution is 5.81. The van der Waals surface area contributed by atoms with Crippen LogP contribution in [-0.2, 0) is 25.5 Å². The Kier molecular flexibility index (Phi) is 7.88. The first kappa shape index (κ1) is 19.4. The molecule has 25 heavy (non-hydrogen) atoms. The lowest BCUT2D eigenvalue weighted by atomic mass is 9.99. The van der Waals surface area contributed by atoms with Crippen molar-refractivity contribution in [2.45, 2.75) is 44.8 Å². The van der Waals surface area contributed by atoms with E-state index in [-0.39, 0.29) is 18.6 Å². The highest BCUT2D eigenvalue weighted by Gasteiger charge is 2.22. The van der Waals surface area contributed by atoms with Crippen molar-refractivity contribution in [2.24, 2.45) is 5.92 Å². The van der Waals surface area contributed by atoms with Gasteiger partial charge in [0.15, 0.2) is 0 Å². The number of hydrogen-bond acceptors (Lipinski definition) is 4. The van der Waals surface area contributed by atoms with Crippen molar-refractivity contribution in [3.8, 4) is 0 Å². The first-order chi connectivity index (χ1) is 12.1. The molecular weight excluding hydrogens is 322 g/mol. The zero-order valence-electron chi connectivity index (χ0n) is 14.6. The van der Waals surface area contributed by atoms with Gasteiger partial charge in [-0.25, -0.2) is 0 Å². The van der Waals surface area contributed by atoms with Crippen LogP contribution in [0.25, 0.3) is 0 Å². The summed E-state index contributed by atoms with van der Waals surface area (Å²) in [6, 6.07) is 9.39. The van der Waals surface area contributed by atoms with Crippen LogP contribution in [0.4, 0.5) is 0 Å². The van der Waals surface area contributed by atoms with Gasteiger partial charge in [0.2, 0.25) is 5.91 Å². The van der Waals surface area contributed by atoms with Crippen molar-refractivity contribution in [1.82, 2.24) is 5.32 Å². The Morgan fingerprint density at radius 2 is 2.08 bits per heavy atom. The van der Waals surface area contributed by atoms with Crippen LogP contribution in [0.3, 0.4) is 0 Å². The fraction of sp³-hybridized carbons (Fsp3) is 0.579. The standard InChI is InChI=1S/C19H27NO5/c1-14(25-13-17-9-5-6-10-24-17)18(21)20-12-16(19(22)23)11-15-7-3-2-4-8-15/h2-4,7-8,14,16-17H,5-6,9-13H2,1H3,(H,20,21)(H,22,23). The van der Waals surface area contributed by atoms with Crippen LogP contribution in [-0.4, -0.2) is 48.9 Å². The Balaban J connectivity index is 1.74. The Bertz CT molecular complexity index is 542. The maximum absolute atomic E-state index is 12.1. The van der Waals surface area contributed by atoms with Gasteiger partial charge in [-0.3, -0.25) is 9.59 Å². The molecule has 1 aliphatic rings. The Morgan fingerprint density at radius 1 is 1.32 bits per heavy atom. The molecule has 0 radical (unpaired) electrons. The summed E-state index contributed by atoms with van der Waals surface area (Å²) in [7, 11) is 0. The number of rotatable bonds is 9. The summed E-state index contributed by atoms with van der Waals surface area (Å²) < 4.78 is 11.1. The number of aliphatic carboxylic acids is 1. The normalized spacial score (nSPS) is 19.8. The molecule has 3 unspecified atom stereocenters. The lowest BCUT2D eigenvalue weighted by Gasteiger charge is -2.24. The van der Waals surface area contributed by atoms with Gasteiger partial charge in [-0.1, -0.05) is 30.3 Å². The van der Waals surface area contributed by atoms with Crippen molar-refractivity contribution in [2.75, 3.05) is 19.8 Å². The van der Waals surface area contributed by atoms with Crippen molar-refractivity contribution in [3.63, 3.8) is 0 Å². The molecule has 0 spiro atoms. The summed E-state index contributed by atoms with van der Waals surface area (Å²) >= 11 is 0. The Labute approximate surface area is 148 Å². The molecule has 0 aliphatic carbocycles. The monoisotopic (exact) mass is 349 g/mol. The van der Waals surface area contributed by atoms with Gasteiger partial charge in [0.05, 0.1) is 18.6 Å². The van der Waals surface area contributed by atoms with Gasteiger partial charge in [-0.2, -0.15) is 0 Å². The van der Waals surface area contributed by atoms with Crippen molar-refractivity contribution >= 4 is 11.9 Å². The number of carbonyl (C=O) groups excluding carboxylic acids is 1. The third-order valence-electron chi connectivity index (χ3n) is 4.37. The molecule has 1 saturated heterocycles. The molecule has 6 nitrogen and oxygen atoms in total. The van der Waals surface area contributed by atoms with Crippen molar-refractivity contribution in [3.05, 3.63) is 35.9 Å². The Morgan fingerprint density at radius 3 is 2.72 bits per heavy atom. The number of ether oxygens (including phenoxy) is 2. The number of carbonyl (C=O) groups is 2. The molecule has 0 aromatic heterocycles. The van der Waals surface area contributed by atoms with Gasteiger partial charge in [-0.15, -0.1) is 0 Å². The van der Waals surface area contributed by atoms with Gasteiger partial charge in [0, 0.05) is 13.2 Å². The molecule has 3 atom stereocenters. The zero-order chi connectivity index (χ0) is 18.1. The van der Waals surface area contributed by atoms with E-state index in [9.17, 15) is 14.7 Å². The lowest BCUT2D eigenvalue weighted by Crippen LogP contribution is -2.40. The smallest absolute Gasteiger partial charge is 0.308 e. The molecule has 2 N–H and O–H groups in total. The number of amides is 1. The summed E-state index contributed by atoms with van der Waals surface area (Å²) in [5.41, 5.74) is 0.933. The third-order valence-corrected chi connectivity index (χ3v) is 4.37. The second-order valence-corrected chi connectivity index (χ2v) is 6.43. The van der Waals surface area contributed by atoms with Gasteiger partial charge >= 0.3 is 5.97 Å². The van der Waals surface area contributed by atoms with E-state index in [1.807, 2.05) is 30.3 Å². The maximum atomic E-state index is 12.1. The zero-order valence-corrected chi connectivity index (χ0v) is 14.6. The first-order valence-electron chi connectivity index (χ1n) is 8.84. The summed E-state index contributed by atoms with van der Waals surface area (Å²) in [5.74, 6) is -1.89. The van der Waals surface area contributed by atoms with E-state index in [2.05, 4.69) is 5.32 Å². The molecule has 6 heteroatoms. The number of carboxylic acids is 1. The molecule has 1 heterocycles. The van der Waals surface area contributed by atoms with Crippen molar-refractivity contribution < 1.29 is 24.2 Å². The predicted molar refractivity (Wildman–Crippen MR) is 93.3 cm³/mol. The van der Waals surface area contributed by atoms with E-state index in [1.165, 1.54) is 0 Å². The van der Waals surface area contributed by atoms with Crippen LogP contribution in [0.2, 0.25) is 0 Å². The van der Waals surface area contributed by atoms with E-state index in [0.29, 0.717) is 13.0 Å². The van der Waals surface area contributed by atoms with Crippen LogP contribution in [0, 0.1) is 5.92 Å². The lowest BCUT2D eigenvalue weighted by molar-refractivity contribution is -0.142. The molecular formula is C19H27NO5. The molecule has 0 bridgehead atoms. The molecule has 1 amide bonds. The molecule has 138 valence electrons. The van der Waals surface area contributed by atoms with E-state index < -0.39 is 18.0 Å². The SMILES string of the molecule is CC(OCC1CCCCO1)C(=O)NCC(Cc1ccccc1)C(=O)O. The molecule has 1 aliphatic heterocycles. The fourth-order valence-corrected chi connectivity index (χ4v) is 2.78. The topological polar surface area (TPSA) is 84.9 Å². The van der Waals surface area contributed by atoms with E-state index >= 15 is 0 Å². The second kappa shape index (κ2) is 10.2. The largest absolute Gasteiger partial charge is 0.481 e. The fourth-order valence-electron chi connectivity index (χ4n) is 2.78. The minimum atomic E-state index is -0.923. The molecule has 0 saturated carbocycles. The summed E-state index contributed by atoms with van der Waals surface area (Å²) in [6.07, 6.45) is 2.94. The van der Waals surface area contributed by atoms with Crippen LogP contribution >= 0.6 is 0 Å². The van der Waals surface area contributed by atoms with Gasteiger partial charge in [-0.05, 0) is 38.2 Å². The minimum Gasteiger partial charge on any atom is -0.481 e. The van der Waals surface area contributed by atoms with Crippen LogP contribution in [0.15, 0.2) is 30.3 Å². The van der Waals surface area contributed by atoms with Crippen molar-refractivity contribution in [1.29, 1.82) is 0 Å². The molecule has 2 rings (SSSR count). The number of hydrogen-bond donors (Lipinski definition) is 2. The number of nitrogens with one attached hydrogen (secondary N) is 1. The minimum absolute atomic E-state index is 0.0499. The highest BCUT2D eigenvalue weighted by Crippen LogP contribution is 2.13. The second-order valence-electron chi connectivity index (χ2n) is 6.43.